The molecular weight excluding hydrogens is 504 g/mol. The van der Waals surface area contributed by atoms with E-state index in [4.69, 9.17) is 9.47 Å². The molecule has 210 valence electrons. The van der Waals surface area contributed by atoms with E-state index in [1.165, 1.54) is 11.1 Å². The van der Waals surface area contributed by atoms with Gasteiger partial charge in [0.15, 0.2) is 0 Å². The molecule has 0 spiro atoms. The number of hydrogen-bond donors (Lipinski definition) is 3. The van der Waals surface area contributed by atoms with E-state index in [2.05, 4.69) is 10.3 Å². The van der Waals surface area contributed by atoms with E-state index in [-0.39, 0.29) is 25.3 Å². The topological polar surface area (TPSA) is 142 Å². The second-order valence-electron chi connectivity index (χ2n) is 10.9. The van der Waals surface area contributed by atoms with Crippen LogP contribution < -0.4 is 10.1 Å². The molecule has 1 unspecified atom stereocenters. The zero-order chi connectivity index (χ0) is 28.2. The van der Waals surface area contributed by atoms with Crippen molar-refractivity contribution in [2.75, 3.05) is 19.6 Å². The van der Waals surface area contributed by atoms with Crippen LogP contribution >= 0.6 is 0 Å². The molecule has 3 heterocycles. The van der Waals surface area contributed by atoms with Gasteiger partial charge in [-0.15, -0.1) is 0 Å². The quantitative estimate of drug-likeness (QED) is 0.508. The Bertz CT molecular complexity index is 1170. The minimum atomic E-state index is -1.12. The van der Waals surface area contributed by atoms with Crippen molar-refractivity contribution in [2.24, 2.45) is 0 Å². The fourth-order valence-electron chi connectivity index (χ4n) is 4.77. The lowest BCUT2D eigenvalue weighted by Gasteiger charge is -2.37. The van der Waals surface area contributed by atoms with Gasteiger partial charge in [-0.1, -0.05) is 24.3 Å². The molecule has 11 heteroatoms. The fourth-order valence-corrected chi connectivity index (χ4v) is 4.77. The van der Waals surface area contributed by atoms with Crippen molar-refractivity contribution in [3.05, 3.63) is 59.3 Å². The summed E-state index contributed by atoms with van der Waals surface area (Å²) in [5.74, 6) is -0.0582. The third-order valence-corrected chi connectivity index (χ3v) is 6.83. The maximum atomic E-state index is 12.7. The summed E-state index contributed by atoms with van der Waals surface area (Å²) in [7, 11) is 0. The number of piperidine rings is 1. The lowest BCUT2D eigenvalue weighted by atomic mass is 9.91. The van der Waals surface area contributed by atoms with E-state index in [9.17, 15) is 24.6 Å². The van der Waals surface area contributed by atoms with Crippen molar-refractivity contribution < 1.29 is 34.1 Å². The average molecular weight is 541 g/mol. The first-order valence-electron chi connectivity index (χ1n) is 13.1. The highest BCUT2D eigenvalue weighted by Crippen LogP contribution is 2.25. The number of amides is 3. The van der Waals surface area contributed by atoms with Crippen LogP contribution in [0.3, 0.4) is 0 Å². The molecule has 0 bridgehead atoms. The molecule has 2 atom stereocenters. The minimum absolute atomic E-state index is 0.107. The summed E-state index contributed by atoms with van der Waals surface area (Å²) in [6.45, 7) is 6.63. The standard InChI is InChI=1S/C28H36N4O7/c1-28(2,3)39-27(37)31-12-10-21(11-13-31)38-24-9-8-19(15-29-24)25(34)30-16-23(33)22-14-18-6-4-5-7-20(18)17-32(22)26(35)36/h4-9,15,21-23,33H,10-14,16-17H2,1-3H3,(H,30,34)(H,35,36)/t22?,23-/m1/s1. The molecule has 0 saturated carbocycles. The highest BCUT2D eigenvalue weighted by Gasteiger charge is 2.34. The van der Waals surface area contributed by atoms with Crippen molar-refractivity contribution in [1.82, 2.24) is 20.1 Å². The number of carbonyl (C=O) groups excluding carboxylic acids is 2. The molecular formula is C28H36N4O7. The van der Waals surface area contributed by atoms with Gasteiger partial charge in [0, 0.05) is 51.3 Å². The van der Waals surface area contributed by atoms with Gasteiger partial charge in [0.05, 0.1) is 17.7 Å². The average Bonchev–Trinajstić information content (AvgIpc) is 2.90. The molecule has 4 rings (SSSR count). The molecule has 2 aliphatic heterocycles. The number of aromatic nitrogens is 1. The number of hydrogen-bond acceptors (Lipinski definition) is 7. The van der Waals surface area contributed by atoms with E-state index in [0.29, 0.717) is 43.8 Å². The van der Waals surface area contributed by atoms with Gasteiger partial charge in [0.25, 0.3) is 5.91 Å². The van der Waals surface area contributed by atoms with Gasteiger partial charge in [-0.3, -0.25) is 9.69 Å². The largest absolute Gasteiger partial charge is 0.474 e. The Morgan fingerprint density at radius 1 is 1.10 bits per heavy atom. The maximum Gasteiger partial charge on any atom is 0.410 e. The van der Waals surface area contributed by atoms with Crippen molar-refractivity contribution in [2.45, 2.75) is 70.4 Å². The summed E-state index contributed by atoms with van der Waals surface area (Å²) >= 11 is 0. The molecule has 2 aromatic rings. The Labute approximate surface area is 227 Å². The fraction of sp³-hybridized carbons (Fsp3) is 0.500. The highest BCUT2D eigenvalue weighted by atomic mass is 16.6. The number of nitrogens with zero attached hydrogens (tertiary/aromatic N) is 3. The summed E-state index contributed by atoms with van der Waals surface area (Å²) in [5, 5.41) is 23.1. The molecule has 3 N–H and O–H groups in total. The van der Waals surface area contributed by atoms with Crippen LogP contribution in [0, 0.1) is 0 Å². The number of aliphatic hydroxyl groups excluding tert-OH is 1. The minimum Gasteiger partial charge on any atom is -0.474 e. The predicted octanol–water partition coefficient (Wildman–Crippen LogP) is 3.06. The van der Waals surface area contributed by atoms with Gasteiger partial charge >= 0.3 is 12.2 Å². The molecule has 11 nitrogen and oxygen atoms in total. The summed E-state index contributed by atoms with van der Waals surface area (Å²) in [6.07, 6.45) is 0.403. The van der Waals surface area contributed by atoms with E-state index < -0.39 is 29.7 Å². The van der Waals surface area contributed by atoms with Crippen LogP contribution in [0.25, 0.3) is 0 Å². The second-order valence-corrected chi connectivity index (χ2v) is 10.9. The van der Waals surface area contributed by atoms with Crippen LogP contribution in [0.2, 0.25) is 0 Å². The number of aliphatic hydroxyl groups is 1. The maximum absolute atomic E-state index is 12.7. The Hall–Kier alpha value is -3.86. The lowest BCUT2D eigenvalue weighted by molar-refractivity contribution is 0.0123. The number of nitrogens with one attached hydrogen (secondary N) is 1. The Morgan fingerprint density at radius 3 is 2.41 bits per heavy atom. The van der Waals surface area contributed by atoms with Crippen molar-refractivity contribution >= 4 is 18.1 Å². The molecule has 1 fully saturated rings. The molecule has 39 heavy (non-hydrogen) atoms. The van der Waals surface area contributed by atoms with Crippen LogP contribution in [-0.2, 0) is 17.7 Å². The van der Waals surface area contributed by atoms with Crippen LogP contribution in [0.15, 0.2) is 42.6 Å². The summed E-state index contributed by atoms with van der Waals surface area (Å²) in [5.41, 5.74) is 1.65. The normalized spacial score (nSPS) is 18.6. The zero-order valence-corrected chi connectivity index (χ0v) is 22.5. The molecule has 3 amide bonds. The molecule has 1 aromatic heterocycles. The van der Waals surface area contributed by atoms with Gasteiger partial charge in [-0.05, 0) is 44.4 Å². The number of benzene rings is 1. The smallest absolute Gasteiger partial charge is 0.410 e. The van der Waals surface area contributed by atoms with Crippen molar-refractivity contribution in [3.8, 4) is 5.88 Å². The molecule has 0 aliphatic carbocycles. The Kier molecular flexibility index (Phi) is 8.59. The van der Waals surface area contributed by atoms with Gasteiger partial charge in [-0.25, -0.2) is 14.6 Å². The van der Waals surface area contributed by atoms with Crippen LogP contribution in [0.4, 0.5) is 9.59 Å². The number of pyridine rings is 1. The third kappa shape index (κ3) is 7.38. The van der Waals surface area contributed by atoms with Gasteiger partial charge < -0.3 is 29.9 Å². The number of likely N-dealkylation sites (tertiary alicyclic amines) is 1. The predicted molar refractivity (Wildman–Crippen MR) is 142 cm³/mol. The van der Waals surface area contributed by atoms with E-state index >= 15 is 0 Å². The SMILES string of the molecule is CC(C)(C)OC(=O)N1CCC(Oc2ccc(C(=O)NC[C@@H](O)C3Cc4ccccc4CN3C(=O)O)cn2)CC1. The number of carboxylic acid groups (broad SMARTS) is 1. The Morgan fingerprint density at radius 2 is 1.79 bits per heavy atom. The highest BCUT2D eigenvalue weighted by molar-refractivity contribution is 5.93. The Balaban J connectivity index is 1.25. The number of fused-ring (bicyclic) bond motifs is 1. The van der Waals surface area contributed by atoms with Gasteiger partial charge in [0.1, 0.15) is 11.7 Å². The van der Waals surface area contributed by atoms with Crippen LogP contribution in [0.1, 0.15) is 55.1 Å². The van der Waals surface area contributed by atoms with Crippen LogP contribution in [0.5, 0.6) is 5.88 Å². The van der Waals surface area contributed by atoms with E-state index in [1.807, 2.05) is 45.0 Å². The molecule has 1 saturated heterocycles. The summed E-state index contributed by atoms with van der Waals surface area (Å²) in [4.78, 5) is 43.8. The van der Waals surface area contributed by atoms with E-state index in [0.717, 1.165) is 11.1 Å². The molecule has 0 radical (unpaired) electrons. The summed E-state index contributed by atoms with van der Waals surface area (Å²) < 4.78 is 11.4. The number of carbonyl (C=O) groups is 3. The number of rotatable bonds is 6. The zero-order valence-electron chi connectivity index (χ0n) is 22.5. The van der Waals surface area contributed by atoms with Crippen molar-refractivity contribution in [3.63, 3.8) is 0 Å². The van der Waals surface area contributed by atoms with Gasteiger partial charge in [0.2, 0.25) is 5.88 Å². The van der Waals surface area contributed by atoms with E-state index in [1.54, 1.807) is 17.0 Å². The number of ether oxygens (including phenoxy) is 2. The third-order valence-electron chi connectivity index (χ3n) is 6.83. The summed E-state index contributed by atoms with van der Waals surface area (Å²) in [6, 6.07) is 10.1. The first-order valence-corrected chi connectivity index (χ1v) is 13.1. The molecule has 1 aromatic carbocycles. The first kappa shape index (κ1) is 28.2. The molecule has 2 aliphatic rings. The van der Waals surface area contributed by atoms with Crippen molar-refractivity contribution in [1.29, 1.82) is 0 Å². The second kappa shape index (κ2) is 11.9. The van der Waals surface area contributed by atoms with Gasteiger partial charge in [-0.2, -0.15) is 0 Å². The monoisotopic (exact) mass is 540 g/mol. The first-order chi connectivity index (χ1) is 18.5. The lowest BCUT2D eigenvalue weighted by Crippen LogP contribution is -2.53. The van der Waals surface area contributed by atoms with Crippen LogP contribution in [-0.4, -0.2) is 86.6 Å².